The number of fused-ring (bicyclic) bond motifs is 3. The molecular weight excluding hydrogens is 432 g/mol. The van der Waals surface area contributed by atoms with Crippen molar-refractivity contribution in [3.63, 3.8) is 0 Å². The first-order valence-electron chi connectivity index (χ1n) is 10.8. The number of carbonyl (C=O) groups excluding carboxylic acids is 2. The average molecular weight is 456 g/mol. The van der Waals surface area contributed by atoms with Gasteiger partial charge in [-0.15, -0.1) is 0 Å². The molecule has 0 bridgehead atoms. The summed E-state index contributed by atoms with van der Waals surface area (Å²) in [6, 6.07) is 20.9. The fourth-order valence-electron chi connectivity index (χ4n) is 4.07. The van der Waals surface area contributed by atoms with Crippen LogP contribution in [0.4, 0.5) is 10.5 Å². The lowest BCUT2D eigenvalue weighted by molar-refractivity contribution is -0.111. The molecule has 1 aliphatic carbocycles. The third-order valence-corrected chi connectivity index (χ3v) is 5.71. The van der Waals surface area contributed by atoms with Crippen LogP contribution in [0.1, 0.15) is 33.0 Å². The van der Waals surface area contributed by atoms with Gasteiger partial charge in [0.1, 0.15) is 6.61 Å². The van der Waals surface area contributed by atoms with Crippen molar-refractivity contribution in [2.45, 2.75) is 12.8 Å². The Bertz CT molecular complexity index is 1240. The van der Waals surface area contributed by atoms with Gasteiger partial charge in [0.2, 0.25) is 5.91 Å². The van der Waals surface area contributed by atoms with Crippen molar-refractivity contribution in [3.8, 4) is 11.1 Å². The van der Waals surface area contributed by atoms with E-state index in [4.69, 9.17) is 4.74 Å². The van der Waals surface area contributed by atoms with Gasteiger partial charge in [0.15, 0.2) is 0 Å². The number of ether oxygens (including phenoxy) is 1. The number of hydrogen-bond donors (Lipinski definition) is 3. The van der Waals surface area contributed by atoms with Crippen molar-refractivity contribution < 1.29 is 24.2 Å². The summed E-state index contributed by atoms with van der Waals surface area (Å²) in [7, 11) is 0. The van der Waals surface area contributed by atoms with Crippen molar-refractivity contribution in [3.05, 3.63) is 101 Å². The first-order chi connectivity index (χ1) is 16.4. The van der Waals surface area contributed by atoms with E-state index in [-0.39, 0.29) is 24.6 Å². The maximum atomic E-state index is 12.2. The highest BCUT2D eigenvalue weighted by Gasteiger charge is 2.28. The maximum Gasteiger partial charge on any atom is 0.407 e. The molecule has 2 amide bonds. The molecule has 3 aromatic rings. The van der Waals surface area contributed by atoms with E-state index < -0.39 is 18.0 Å². The molecule has 0 unspecified atom stereocenters. The number of hydrogen-bond acceptors (Lipinski definition) is 4. The van der Waals surface area contributed by atoms with Crippen LogP contribution in [0.3, 0.4) is 0 Å². The summed E-state index contributed by atoms with van der Waals surface area (Å²) >= 11 is 0. The summed E-state index contributed by atoms with van der Waals surface area (Å²) in [5.41, 5.74) is 5.69. The van der Waals surface area contributed by atoms with Gasteiger partial charge in [-0.05, 0) is 46.9 Å². The summed E-state index contributed by atoms with van der Waals surface area (Å²) in [6.07, 6.45) is 2.18. The van der Waals surface area contributed by atoms with Gasteiger partial charge in [0.25, 0.3) is 0 Å². The molecule has 34 heavy (non-hydrogen) atoms. The number of alkyl carbamates (subject to hydrolysis) is 1. The Morgan fingerprint density at radius 1 is 0.971 bits per heavy atom. The first-order valence-corrected chi connectivity index (χ1v) is 10.8. The van der Waals surface area contributed by atoms with Gasteiger partial charge in [0, 0.05) is 24.2 Å². The lowest BCUT2D eigenvalue weighted by atomic mass is 9.98. The number of aryl methyl sites for hydroxylation is 1. The van der Waals surface area contributed by atoms with Crippen molar-refractivity contribution in [2.75, 3.05) is 18.5 Å². The van der Waals surface area contributed by atoms with Gasteiger partial charge in [-0.1, -0.05) is 60.7 Å². The van der Waals surface area contributed by atoms with Gasteiger partial charge in [-0.25, -0.2) is 9.59 Å². The zero-order valence-corrected chi connectivity index (χ0v) is 18.6. The monoisotopic (exact) mass is 456 g/mol. The fraction of sp³-hybridized carbons (Fsp3) is 0.148. The van der Waals surface area contributed by atoms with E-state index in [9.17, 15) is 19.5 Å². The third-order valence-electron chi connectivity index (χ3n) is 5.71. The maximum absolute atomic E-state index is 12.2. The number of carboxylic acid groups (broad SMARTS) is 1. The highest BCUT2D eigenvalue weighted by atomic mass is 16.5. The fourth-order valence-corrected chi connectivity index (χ4v) is 4.07. The Labute approximate surface area is 197 Å². The minimum atomic E-state index is -1.06. The molecule has 0 aromatic heterocycles. The van der Waals surface area contributed by atoms with Crippen LogP contribution in [0.15, 0.2) is 78.9 Å². The second kappa shape index (κ2) is 10.0. The van der Waals surface area contributed by atoms with Crippen LogP contribution in [0.25, 0.3) is 11.1 Å². The Morgan fingerprint density at radius 3 is 2.26 bits per heavy atom. The zero-order chi connectivity index (χ0) is 24.1. The molecule has 0 saturated carbocycles. The Hall–Kier alpha value is -4.39. The summed E-state index contributed by atoms with van der Waals surface area (Å²) in [5, 5.41) is 14.4. The van der Waals surface area contributed by atoms with Crippen molar-refractivity contribution in [1.82, 2.24) is 5.32 Å². The number of carbonyl (C=O) groups is 3. The molecular formula is C27H24N2O5. The minimum absolute atomic E-state index is 0.0235. The smallest absolute Gasteiger partial charge is 0.407 e. The molecule has 0 spiro atoms. The molecule has 0 fully saturated rings. The third kappa shape index (κ3) is 4.99. The van der Waals surface area contributed by atoms with E-state index in [1.165, 1.54) is 18.2 Å². The molecule has 0 heterocycles. The number of carboxylic acids is 1. The van der Waals surface area contributed by atoms with Crippen molar-refractivity contribution >= 4 is 23.7 Å². The molecule has 172 valence electrons. The summed E-state index contributed by atoms with van der Waals surface area (Å²) < 4.78 is 5.45. The van der Waals surface area contributed by atoms with Gasteiger partial charge < -0.3 is 20.5 Å². The predicted molar refractivity (Wildman–Crippen MR) is 129 cm³/mol. The van der Waals surface area contributed by atoms with Crippen LogP contribution < -0.4 is 10.6 Å². The number of benzene rings is 3. The number of amides is 2. The molecule has 4 rings (SSSR count). The van der Waals surface area contributed by atoms with E-state index in [1.54, 1.807) is 19.1 Å². The molecule has 7 heteroatoms. The van der Waals surface area contributed by atoms with Crippen LogP contribution >= 0.6 is 0 Å². The van der Waals surface area contributed by atoms with E-state index in [0.717, 1.165) is 22.3 Å². The van der Waals surface area contributed by atoms with Gasteiger partial charge >= 0.3 is 12.1 Å². The minimum Gasteiger partial charge on any atom is -0.478 e. The molecule has 1 aliphatic rings. The molecule has 7 nitrogen and oxygen atoms in total. The highest BCUT2D eigenvalue weighted by molar-refractivity contribution is 6.00. The van der Waals surface area contributed by atoms with Gasteiger partial charge in [-0.3, -0.25) is 4.79 Å². The zero-order valence-electron chi connectivity index (χ0n) is 18.6. The summed E-state index contributed by atoms with van der Waals surface area (Å²) in [6.45, 7) is 2.01. The van der Waals surface area contributed by atoms with E-state index in [0.29, 0.717) is 11.3 Å². The normalized spacial score (nSPS) is 12.1. The molecule has 0 atom stereocenters. The topological polar surface area (TPSA) is 105 Å². The van der Waals surface area contributed by atoms with Crippen LogP contribution in [0, 0.1) is 6.92 Å². The molecule has 0 radical (unpaired) electrons. The quantitative estimate of drug-likeness (QED) is 0.446. The SMILES string of the molecule is Cc1ccc(NC(=O)/C=C/CNC(=O)OCC2c3ccccc3-c3ccccc32)cc1C(=O)O. The van der Waals surface area contributed by atoms with Gasteiger partial charge in [0.05, 0.1) is 5.56 Å². The highest BCUT2D eigenvalue weighted by Crippen LogP contribution is 2.44. The standard InChI is InChI=1S/C27H24N2O5/c1-17-12-13-18(15-23(17)26(31)32)29-25(30)11-6-14-28-27(33)34-16-24-21-9-4-2-7-19(21)20-8-3-5-10-22(20)24/h2-13,15,24H,14,16H2,1H3,(H,28,33)(H,29,30)(H,31,32)/b11-6+. The lowest BCUT2D eigenvalue weighted by Gasteiger charge is -2.14. The van der Waals surface area contributed by atoms with E-state index in [1.807, 2.05) is 24.3 Å². The van der Waals surface area contributed by atoms with Crippen molar-refractivity contribution in [2.24, 2.45) is 0 Å². The Balaban J connectivity index is 1.26. The van der Waals surface area contributed by atoms with Crippen LogP contribution in [0.5, 0.6) is 0 Å². The lowest BCUT2D eigenvalue weighted by Crippen LogP contribution is -2.26. The summed E-state index contributed by atoms with van der Waals surface area (Å²) in [4.78, 5) is 35.5. The van der Waals surface area contributed by atoms with Gasteiger partial charge in [-0.2, -0.15) is 0 Å². The average Bonchev–Trinajstić information content (AvgIpc) is 3.15. The van der Waals surface area contributed by atoms with Crippen LogP contribution in [0.2, 0.25) is 0 Å². The number of anilines is 1. The summed E-state index contributed by atoms with van der Waals surface area (Å²) in [5.74, 6) is -1.52. The second-order valence-corrected chi connectivity index (χ2v) is 7.93. The Kier molecular flexibility index (Phi) is 6.73. The molecule has 0 saturated heterocycles. The predicted octanol–water partition coefficient (Wildman–Crippen LogP) is 4.73. The molecule has 3 N–H and O–H groups in total. The van der Waals surface area contributed by atoms with E-state index in [2.05, 4.69) is 34.9 Å². The van der Waals surface area contributed by atoms with Crippen LogP contribution in [-0.4, -0.2) is 36.2 Å². The van der Waals surface area contributed by atoms with Crippen molar-refractivity contribution in [1.29, 1.82) is 0 Å². The molecule has 3 aromatic carbocycles. The Morgan fingerprint density at radius 2 is 1.62 bits per heavy atom. The number of rotatable bonds is 7. The second-order valence-electron chi connectivity index (χ2n) is 7.93. The first kappa shape index (κ1) is 22.8. The van der Waals surface area contributed by atoms with E-state index >= 15 is 0 Å². The molecule has 0 aliphatic heterocycles. The number of nitrogens with one attached hydrogen (secondary N) is 2. The van der Waals surface area contributed by atoms with Crippen LogP contribution in [-0.2, 0) is 9.53 Å². The number of aromatic carboxylic acids is 1. The largest absolute Gasteiger partial charge is 0.478 e.